The number of fused-ring (bicyclic) bond motifs is 1. The van der Waals surface area contributed by atoms with Crippen LogP contribution in [0.4, 0.5) is 8.78 Å². The molecule has 0 radical (unpaired) electrons. The van der Waals surface area contributed by atoms with Crippen LogP contribution in [0.25, 0.3) is 10.9 Å². The first kappa shape index (κ1) is 20.3. The van der Waals surface area contributed by atoms with E-state index in [0.29, 0.717) is 24.1 Å². The van der Waals surface area contributed by atoms with Gasteiger partial charge in [-0.2, -0.15) is 10.2 Å². The number of piperidine rings is 1. The van der Waals surface area contributed by atoms with Gasteiger partial charge in [-0.05, 0) is 54.8 Å². The molecule has 2 aromatic heterocycles. The van der Waals surface area contributed by atoms with Gasteiger partial charge in [0.2, 0.25) is 0 Å². The van der Waals surface area contributed by atoms with Crippen LogP contribution in [0.1, 0.15) is 45.6 Å². The Kier molecular flexibility index (Phi) is 5.18. The van der Waals surface area contributed by atoms with Crippen LogP contribution in [0.5, 0.6) is 0 Å². The zero-order valence-corrected chi connectivity index (χ0v) is 17.2. The van der Waals surface area contributed by atoms with Gasteiger partial charge in [-0.1, -0.05) is 6.07 Å². The number of nitrogens with one attached hydrogen (secondary N) is 2. The summed E-state index contributed by atoms with van der Waals surface area (Å²) in [5, 5.41) is 16.4. The third-order valence-corrected chi connectivity index (χ3v) is 6.02. The first-order valence-corrected chi connectivity index (χ1v) is 10.4. The largest absolute Gasteiger partial charge is 0.366 e. The molecule has 9 heteroatoms. The number of H-pyrrole nitrogens is 1. The second-order valence-corrected chi connectivity index (χ2v) is 8.18. The van der Waals surface area contributed by atoms with E-state index in [0.717, 1.165) is 41.2 Å². The molecule has 1 aliphatic heterocycles. The minimum Gasteiger partial charge on any atom is -0.366 e. The highest BCUT2D eigenvalue weighted by Gasteiger charge is 2.31. The van der Waals surface area contributed by atoms with E-state index in [9.17, 15) is 13.6 Å². The molecule has 2 unspecified atom stereocenters. The minimum absolute atomic E-state index is 0.0222. The number of rotatable bonds is 5. The van der Waals surface area contributed by atoms with Gasteiger partial charge >= 0.3 is 0 Å². The maximum absolute atomic E-state index is 13.6. The highest BCUT2D eigenvalue weighted by atomic mass is 19.1. The molecule has 7 nitrogen and oxygen atoms in total. The molecule has 2 atom stereocenters. The second kappa shape index (κ2) is 8.16. The van der Waals surface area contributed by atoms with Gasteiger partial charge in [-0.3, -0.25) is 14.6 Å². The van der Waals surface area contributed by atoms with Gasteiger partial charge in [0, 0.05) is 35.8 Å². The molecule has 0 saturated carbocycles. The standard InChI is InChI=1S/C23H22F2N6O/c24-16-6-14(7-17(25)9-16)5-13-1-2-20-18(8-13)22(30-29-20)19-11-27-4-3-21(19)31-12-15(10-28-31)23(26)32/h1-2,6-10,12,19,21,27H,3-5,11H2,(H2,26,32)(H,29,30). The summed E-state index contributed by atoms with van der Waals surface area (Å²) in [5.41, 5.74) is 9.04. The Morgan fingerprint density at radius 1 is 1.16 bits per heavy atom. The molecule has 2 aromatic carbocycles. The molecule has 0 bridgehead atoms. The van der Waals surface area contributed by atoms with Crippen molar-refractivity contribution in [2.75, 3.05) is 13.1 Å². The van der Waals surface area contributed by atoms with Gasteiger partial charge < -0.3 is 11.1 Å². The number of nitrogens with zero attached hydrogens (tertiary/aromatic N) is 3. The van der Waals surface area contributed by atoms with Crippen molar-refractivity contribution in [2.24, 2.45) is 5.73 Å². The molecule has 0 spiro atoms. The fourth-order valence-electron chi connectivity index (χ4n) is 4.52. The van der Waals surface area contributed by atoms with Crippen molar-refractivity contribution in [1.82, 2.24) is 25.3 Å². The highest BCUT2D eigenvalue weighted by Crippen LogP contribution is 2.36. The molecule has 32 heavy (non-hydrogen) atoms. The number of hydrogen-bond acceptors (Lipinski definition) is 4. The summed E-state index contributed by atoms with van der Waals surface area (Å²) in [7, 11) is 0. The average molecular weight is 436 g/mol. The van der Waals surface area contributed by atoms with Crippen molar-refractivity contribution in [3.8, 4) is 0 Å². The Labute approximate surface area is 182 Å². The number of primary amides is 1. The fourth-order valence-corrected chi connectivity index (χ4v) is 4.52. The average Bonchev–Trinajstić information content (AvgIpc) is 3.40. The molecular formula is C23H22F2N6O. The van der Waals surface area contributed by atoms with E-state index in [2.05, 4.69) is 20.6 Å². The van der Waals surface area contributed by atoms with Crippen LogP contribution >= 0.6 is 0 Å². The summed E-state index contributed by atoms with van der Waals surface area (Å²) in [6.07, 6.45) is 4.41. The summed E-state index contributed by atoms with van der Waals surface area (Å²) in [4.78, 5) is 11.5. The number of nitrogens with two attached hydrogens (primary N) is 1. The topological polar surface area (TPSA) is 102 Å². The summed E-state index contributed by atoms with van der Waals surface area (Å²) in [5.74, 6) is -1.64. The monoisotopic (exact) mass is 436 g/mol. The van der Waals surface area contributed by atoms with Crippen LogP contribution in [0.2, 0.25) is 0 Å². The van der Waals surface area contributed by atoms with E-state index in [-0.39, 0.29) is 12.0 Å². The lowest BCUT2D eigenvalue weighted by atomic mass is 9.88. The van der Waals surface area contributed by atoms with Gasteiger partial charge in [0.15, 0.2) is 0 Å². The molecule has 164 valence electrons. The minimum atomic E-state index is -0.587. The molecule has 1 amide bonds. The first-order valence-electron chi connectivity index (χ1n) is 10.4. The van der Waals surface area contributed by atoms with Gasteiger partial charge in [0.25, 0.3) is 5.91 Å². The van der Waals surface area contributed by atoms with Crippen LogP contribution in [0.15, 0.2) is 48.8 Å². The quantitative estimate of drug-likeness (QED) is 0.448. The maximum atomic E-state index is 13.6. The third kappa shape index (κ3) is 3.87. The number of carbonyl (C=O) groups excluding carboxylic acids is 1. The lowest BCUT2D eigenvalue weighted by Gasteiger charge is -2.32. The van der Waals surface area contributed by atoms with Crippen LogP contribution in [-0.2, 0) is 6.42 Å². The molecule has 1 saturated heterocycles. The number of aromatic nitrogens is 4. The normalized spacial score (nSPS) is 18.8. The summed E-state index contributed by atoms with van der Waals surface area (Å²) < 4.78 is 29.0. The Balaban J connectivity index is 1.49. The molecule has 1 aliphatic rings. The molecule has 1 fully saturated rings. The predicted molar refractivity (Wildman–Crippen MR) is 115 cm³/mol. The Morgan fingerprint density at radius 2 is 1.97 bits per heavy atom. The van der Waals surface area contributed by atoms with Crippen molar-refractivity contribution in [3.63, 3.8) is 0 Å². The SMILES string of the molecule is NC(=O)c1cnn(C2CCNCC2c2[nH]nc3ccc(Cc4cc(F)cc(F)c4)cc23)c1. The molecule has 0 aliphatic carbocycles. The molecule has 5 rings (SSSR count). The number of hydrogen-bond donors (Lipinski definition) is 3. The van der Waals surface area contributed by atoms with Gasteiger partial charge in [-0.15, -0.1) is 0 Å². The lowest BCUT2D eigenvalue weighted by molar-refractivity contribution is 0.1000. The molecule has 4 aromatic rings. The van der Waals surface area contributed by atoms with E-state index in [4.69, 9.17) is 5.73 Å². The molecular weight excluding hydrogens is 414 g/mol. The number of benzene rings is 2. The number of carbonyl (C=O) groups is 1. The first-order chi connectivity index (χ1) is 15.5. The zero-order valence-electron chi connectivity index (χ0n) is 17.2. The Hall–Kier alpha value is -3.59. The number of halogens is 2. The fraction of sp³-hybridized carbons (Fsp3) is 0.261. The van der Waals surface area contributed by atoms with Crippen molar-refractivity contribution in [3.05, 3.63) is 82.8 Å². The number of aromatic amines is 1. The molecule has 3 heterocycles. The van der Waals surface area contributed by atoms with E-state index >= 15 is 0 Å². The van der Waals surface area contributed by atoms with E-state index < -0.39 is 17.5 Å². The van der Waals surface area contributed by atoms with Gasteiger partial charge in [-0.25, -0.2) is 8.78 Å². The van der Waals surface area contributed by atoms with Gasteiger partial charge in [0.1, 0.15) is 11.6 Å². The number of amides is 1. The van der Waals surface area contributed by atoms with Gasteiger partial charge in [0.05, 0.1) is 23.3 Å². The van der Waals surface area contributed by atoms with E-state index in [1.54, 1.807) is 10.9 Å². The van der Waals surface area contributed by atoms with E-state index in [1.807, 2.05) is 18.2 Å². The second-order valence-electron chi connectivity index (χ2n) is 8.18. The zero-order chi connectivity index (χ0) is 22.2. The van der Waals surface area contributed by atoms with Crippen molar-refractivity contribution in [1.29, 1.82) is 0 Å². The molecule has 4 N–H and O–H groups in total. The Bertz CT molecular complexity index is 1280. The summed E-state index contributed by atoms with van der Waals surface area (Å²) in [6.45, 7) is 1.54. The predicted octanol–water partition coefficient (Wildman–Crippen LogP) is 3.05. The third-order valence-electron chi connectivity index (χ3n) is 6.02. The van der Waals surface area contributed by atoms with E-state index in [1.165, 1.54) is 18.3 Å². The highest BCUT2D eigenvalue weighted by molar-refractivity contribution is 5.92. The summed E-state index contributed by atoms with van der Waals surface area (Å²) in [6, 6.07) is 9.42. The maximum Gasteiger partial charge on any atom is 0.251 e. The van der Waals surface area contributed by atoms with Crippen LogP contribution in [-0.4, -0.2) is 39.0 Å². The Morgan fingerprint density at radius 3 is 2.72 bits per heavy atom. The van der Waals surface area contributed by atoms with Crippen molar-refractivity contribution >= 4 is 16.8 Å². The van der Waals surface area contributed by atoms with Crippen LogP contribution < -0.4 is 11.1 Å². The van der Waals surface area contributed by atoms with Crippen LogP contribution in [0, 0.1) is 11.6 Å². The summed E-state index contributed by atoms with van der Waals surface area (Å²) >= 11 is 0. The van der Waals surface area contributed by atoms with Crippen molar-refractivity contribution in [2.45, 2.75) is 24.8 Å². The lowest BCUT2D eigenvalue weighted by Crippen LogP contribution is -2.37. The van der Waals surface area contributed by atoms with Crippen LogP contribution in [0.3, 0.4) is 0 Å². The smallest absolute Gasteiger partial charge is 0.251 e. The van der Waals surface area contributed by atoms with Crippen molar-refractivity contribution < 1.29 is 13.6 Å².